The summed E-state index contributed by atoms with van der Waals surface area (Å²) in [5, 5.41) is 3.67. The summed E-state index contributed by atoms with van der Waals surface area (Å²) < 4.78 is 27.8. The molecule has 1 aliphatic rings. The number of nitrogens with one attached hydrogen (secondary N) is 2. The highest BCUT2D eigenvalue weighted by molar-refractivity contribution is 7.89. The first-order valence-electron chi connectivity index (χ1n) is 15.3. The molecular weight excluding hydrogens is 606 g/mol. The van der Waals surface area contributed by atoms with E-state index in [2.05, 4.69) is 10.0 Å². The Labute approximate surface area is 270 Å². The van der Waals surface area contributed by atoms with Crippen LogP contribution in [0.15, 0.2) is 114 Å². The highest BCUT2D eigenvalue weighted by Gasteiger charge is 2.30. The maximum Gasteiger partial charge on any atom is 0.243 e. The molecule has 0 heterocycles. The van der Waals surface area contributed by atoms with E-state index in [1.54, 1.807) is 41.3 Å². The largest absolute Gasteiger partial charge is 0.354 e. The van der Waals surface area contributed by atoms with Gasteiger partial charge in [-0.3, -0.25) is 9.59 Å². The van der Waals surface area contributed by atoms with Gasteiger partial charge in [0.2, 0.25) is 21.8 Å². The normalized spacial score (nSPS) is 13.6. The molecule has 45 heavy (non-hydrogen) atoms. The third-order valence-corrected chi connectivity index (χ3v) is 9.64. The van der Waals surface area contributed by atoms with Crippen LogP contribution in [0.25, 0.3) is 0 Å². The Morgan fingerprint density at radius 2 is 1.33 bits per heavy atom. The van der Waals surface area contributed by atoms with Crippen molar-refractivity contribution in [2.45, 2.75) is 62.0 Å². The van der Waals surface area contributed by atoms with Crippen molar-refractivity contribution in [1.29, 1.82) is 0 Å². The van der Waals surface area contributed by atoms with Crippen molar-refractivity contribution in [3.63, 3.8) is 0 Å². The molecule has 1 aliphatic carbocycles. The molecule has 2 N–H and O–H groups in total. The van der Waals surface area contributed by atoms with Gasteiger partial charge in [0, 0.05) is 37.0 Å². The minimum absolute atomic E-state index is 0.0262. The van der Waals surface area contributed by atoms with E-state index in [1.165, 1.54) is 0 Å². The van der Waals surface area contributed by atoms with Crippen molar-refractivity contribution in [1.82, 2.24) is 14.9 Å². The number of sulfonamides is 1. The Bertz CT molecular complexity index is 1660. The Kier molecular flexibility index (Phi) is 11.1. The van der Waals surface area contributed by atoms with Gasteiger partial charge in [-0.25, -0.2) is 13.1 Å². The summed E-state index contributed by atoms with van der Waals surface area (Å²) >= 11 is 6.14. The molecule has 0 radical (unpaired) electrons. The molecule has 4 aromatic carbocycles. The predicted molar refractivity (Wildman–Crippen MR) is 177 cm³/mol. The molecule has 7 nitrogen and oxygen atoms in total. The van der Waals surface area contributed by atoms with Crippen LogP contribution in [0.4, 0.5) is 0 Å². The molecule has 0 saturated heterocycles. The van der Waals surface area contributed by atoms with Gasteiger partial charge in [0.25, 0.3) is 0 Å². The van der Waals surface area contributed by atoms with Crippen LogP contribution < -0.4 is 10.0 Å². The second-order valence-electron chi connectivity index (χ2n) is 11.4. The van der Waals surface area contributed by atoms with E-state index in [-0.39, 0.29) is 35.7 Å². The lowest BCUT2D eigenvalue weighted by molar-refractivity contribution is -0.141. The number of hydrogen-bond donors (Lipinski definition) is 2. The lowest BCUT2D eigenvalue weighted by Crippen LogP contribution is -2.50. The number of aryl methyl sites for hydroxylation is 1. The summed E-state index contributed by atoms with van der Waals surface area (Å²) in [6.45, 7) is 0.686. The Morgan fingerprint density at radius 3 is 1.96 bits per heavy atom. The first-order valence-corrected chi connectivity index (χ1v) is 17.1. The van der Waals surface area contributed by atoms with Crippen molar-refractivity contribution in [3.8, 4) is 0 Å². The topological polar surface area (TPSA) is 95.6 Å². The van der Waals surface area contributed by atoms with Crippen molar-refractivity contribution < 1.29 is 18.0 Å². The van der Waals surface area contributed by atoms with E-state index in [4.69, 9.17) is 11.6 Å². The molecule has 0 bridgehead atoms. The smallest absolute Gasteiger partial charge is 0.243 e. The summed E-state index contributed by atoms with van der Waals surface area (Å²) in [6, 6.07) is 32.9. The zero-order valence-electron chi connectivity index (χ0n) is 25.1. The van der Waals surface area contributed by atoms with Crippen molar-refractivity contribution >= 4 is 33.4 Å². The number of hydrogen-bond acceptors (Lipinski definition) is 4. The molecule has 0 aromatic heterocycles. The first-order chi connectivity index (χ1) is 21.8. The SMILES string of the molecule is O=C(NCCc1ccccc1)[C@@H](Cc1ccccc1)N(Cc1ccc(Cl)cc1)C(=O)CCc1ccc(S(=O)(=O)NC2CC2)cc1. The van der Waals surface area contributed by atoms with Crippen molar-refractivity contribution in [2.24, 2.45) is 0 Å². The van der Waals surface area contributed by atoms with Crippen LogP contribution in [0, 0.1) is 0 Å². The van der Waals surface area contributed by atoms with Crippen LogP contribution in [-0.4, -0.2) is 43.8 Å². The molecular formula is C36H38ClN3O4S. The van der Waals surface area contributed by atoms with E-state index in [1.807, 2.05) is 72.8 Å². The summed E-state index contributed by atoms with van der Waals surface area (Å²) in [7, 11) is -3.55. The molecule has 9 heteroatoms. The van der Waals surface area contributed by atoms with Gasteiger partial charge >= 0.3 is 0 Å². The standard InChI is InChI=1S/C36H38ClN3O4S/c37-31-16-11-30(12-17-31)26-40(35(41)22-15-28-13-20-33(21-14-28)45(43,44)39-32-18-19-32)34(25-29-9-5-2-6-10-29)36(42)38-24-23-27-7-3-1-4-8-27/h1-14,16-17,20-21,32,34,39H,15,18-19,22-26H2,(H,38,42)/t34-/m1/s1. The summed E-state index contributed by atoms with van der Waals surface area (Å²) in [4.78, 5) is 29.7. The highest BCUT2D eigenvalue weighted by Crippen LogP contribution is 2.23. The molecule has 0 unspecified atom stereocenters. The maximum absolute atomic E-state index is 14.0. The summed E-state index contributed by atoms with van der Waals surface area (Å²) in [5.74, 6) is -0.383. The number of nitrogens with zero attached hydrogens (tertiary/aromatic N) is 1. The highest BCUT2D eigenvalue weighted by atomic mass is 35.5. The number of halogens is 1. The number of carbonyl (C=O) groups excluding carboxylic acids is 2. The maximum atomic E-state index is 14.0. The molecule has 2 amide bonds. The van der Waals surface area contributed by atoms with E-state index in [0.717, 1.165) is 35.1 Å². The molecule has 1 atom stereocenters. The Hall–Kier alpha value is -3.98. The molecule has 1 saturated carbocycles. The van der Waals surface area contributed by atoms with Gasteiger partial charge in [-0.05, 0) is 72.2 Å². The lowest BCUT2D eigenvalue weighted by Gasteiger charge is -2.32. The van der Waals surface area contributed by atoms with Gasteiger partial charge in [0.05, 0.1) is 4.90 Å². The summed E-state index contributed by atoms with van der Waals surface area (Å²) in [6.07, 6.45) is 3.32. The van der Waals surface area contributed by atoms with E-state index in [0.29, 0.717) is 30.8 Å². The monoisotopic (exact) mass is 643 g/mol. The van der Waals surface area contributed by atoms with Crippen LogP contribution in [0.2, 0.25) is 5.02 Å². The van der Waals surface area contributed by atoms with Crippen molar-refractivity contribution in [2.75, 3.05) is 6.54 Å². The quantitative estimate of drug-likeness (QED) is 0.173. The van der Waals surface area contributed by atoms with Crippen LogP contribution in [-0.2, 0) is 45.4 Å². The van der Waals surface area contributed by atoms with Crippen LogP contribution in [0.3, 0.4) is 0 Å². The van der Waals surface area contributed by atoms with Crippen LogP contribution >= 0.6 is 11.6 Å². The van der Waals surface area contributed by atoms with Crippen LogP contribution in [0.1, 0.15) is 41.5 Å². The fourth-order valence-electron chi connectivity index (χ4n) is 5.15. The van der Waals surface area contributed by atoms with E-state index < -0.39 is 16.1 Å². The third kappa shape index (κ3) is 9.75. The zero-order valence-corrected chi connectivity index (χ0v) is 26.6. The van der Waals surface area contributed by atoms with Gasteiger partial charge in [-0.2, -0.15) is 0 Å². The average Bonchev–Trinajstić information content (AvgIpc) is 3.87. The minimum atomic E-state index is -3.55. The predicted octanol–water partition coefficient (Wildman–Crippen LogP) is 5.71. The number of benzene rings is 4. The third-order valence-electron chi connectivity index (χ3n) is 7.85. The lowest BCUT2D eigenvalue weighted by atomic mass is 10.0. The molecule has 0 spiro atoms. The zero-order chi connectivity index (χ0) is 31.6. The molecule has 5 rings (SSSR count). The molecule has 4 aromatic rings. The second kappa shape index (κ2) is 15.3. The van der Waals surface area contributed by atoms with E-state index in [9.17, 15) is 18.0 Å². The first kappa shape index (κ1) is 32.4. The number of amides is 2. The molecule has 1 fully saturated rings. The average molecular weight is 644 g/mol. The van der Waals surface area contributed by atoms with Crippen LogP contribution in [0.5, 0.6) is 0 Å². The second-order valence-corrected chi connectivity index (χ2v) is 13.6. The summed E-state index contributed by atoms with van der Waals surface area (Å²) in [5.41, 5.74) is 3.77. The van der Waals surface area contributed by atoms with Gasteiger partial charge in [-0.1, -0.05) is 96.5 Å². The Balaban J connectivity index is 1.33. The van der Waals surface area contributed by atoms with Gasteiger partial charge < -0.3 is 10.2 Å². The fraction of sp³-hybridized carbons (Fsp3) is 0.278. The molecule has 0 aliphatic heterocycles. The Morgan fingerprint density at radius 1 is 0.756 bits per heavy atom. The number of carbonyl (C=O) groups is 2. The van der Waals surface area contributed by atoms with E-state index >= 15 is 0 Å². The van der Waals surface area contributed by atoms with Gasteiger partial charge in [-0.15, -0.1) is 0 Å². The van der Waals surface area contributed by atoms with Gasteiger partial charge in [0.1, 0.15) is 6.04 Å². The number of rotatable bonds is 15. The van der Waals surface area contributed by atoms with Crippen molar-refractivity contribution in [3.05, 3.63) is 136 Å². The fourth-order valence-corrected chi connectivity index (χ4v) is 6.58. The molecule has 234 valence electrons. The minimum Gasteiger partial charge on any atom is -0.354 e. The van der Waals surface area contributed by atoms with Gasteiger partial charge in [0.15, 0.2) is 0 Å².